The lowest BCUT2D eigenvalue weighted by Crippen LogP contribution is -2.49. The van der Waals surface area contributed by atoms with Gasteiger partial charge in [-0.1, -0.05) is 49.4 Å². The van der Waals surface area contributed by atoms with Crippen LogP contribution in [0.5, 0.6) is 11.5 Å². The number of likely N-dealkylation sites (N-methyl/N-ethyl adjacent to an activating group) is 1. The highest BCUT2D eigenvalue weighted by molar-refractivity contribution is 6.01. The smallest absolute Gasteiger partial charge is 0.261 e. The van der Waals surface area contributed by atoms with Crippen LogP contribution in [-0.2, 0) is 9.53 Å². The molecular weight excluding hydrogens is 488 g/mol. The van der Waals surface area contributed by atoms with Crippen molar-refractivity contribution >= 4 is 11.6 Å². The van der Waals surface area contributed by atoms with Crippen LogP contribution < -0.4 is 9.47 Å². The van der Waals surface area contributed by atoms with E-state index < -0.39 is 0 Å². The summed E-state index contributed by atoms with van der Waals surface area (Å²) >= 11 is 0. The van der Waals surface area contributed by atoms with E-state index in [0.29, 0.717) is 31.9 Å². The first kappa shape index (κ1) is 25.3. The first-order valence-electron chi connectivity index (χ1n) is 13.5. The Balaban J connectivity index is 1.50. The second kappa shape index (κ2) is 10.3. The summed E-state index contributed by atoms with van der Waals surface area (Å²) in [6.45, 7) is 5.01. The molecule has 1 fully saturated rings. The lowest BCUT2D eigenvalue weighted by atomic mass is 9.87. The van der Waals surface area contributed by atoms with Crippen LogP contribution in [-0.4, -0.2) is 62.8 Å². The molecule has 6 heteroatoms. The van der Waals surface area contributed by atoms with Crippen LogP contribution in [0.1, 0.15) is 25.3 Å². The molecule has 1 aliphatic carbocycles. The van der Waals surface area contributed by atoms with Gasteiger partial charge in [0.25, 0.3) is 5.91 Å². The SMILES string of the molecule is COc1cc2c(cc1-c1ccccc1)C1=C(CO2)C(C(=O)N(C)CC2(C)COC2)=C=CCN1C1=CCCC=C1. The zero-order chi connectivity index (χ0) is 27.0. The van der Waals surface area contributed by atoms with Crippen molar-refractivity contribution in [2.24, 2.45) is 5.41 Å². The quantitative estimate of drug-likeness (QED) is 0.463. The van der Waals surface area contributed by atoms with Crippen molar-refractivity contribution in [3.05, 3.63) is 94.9 Å². The van der Waals surface area contributed by atoms with Gasteiger partial charge in [0.05, 0.1) is 31.6 Å². The Hall–Kier alpha value is -3.99. The number of amides is 1. The van der Waals surface area contributed by atoms with E-state index in [0.717, 1.165) is 58.0 Å². The minimum atomic E-state index is -0.0502. The Morgan fingerprint density at radius 3 is 2.67 bits per heavy atom. The third-order valence-electron chi connectivity index (χ3n) is 7.76. The number of hydrogen-bond donors (Lipinski definition) is 0. The van der Waals surface area contributed by atoms with Crippen LogP contribution in [0.3, 0.4) is 0 Å². The van der Waals surface area contributed by atoms with Crippen molar-refractivity contribution in [2.45, 2.75) is 19.8 Å². The van der Waals surface area contributed by atoms with Crippen LogP contribution >= 0.6 is 0 Å². The molecule has 0 N–H and O–H groups in total. The maximum absolute atomic E-state index is 13.9. The topological polar surface area (TPSA) is 51.2 Å². The van der Waals surface area contributed by atoms with Crippen molar-refractivity contribution in [1.29, 1.82) is 0 Å². The Bertz CT molecular complexity index is 1460. The van der Waals surface area contributed by atoms with Gasteiger partial charge in [0.1, 0.15) is 18.1 Å². The molecule has 39 heavy (non-hydrogen) atoms. The zero-order valence-electron chi connectivity index (χ0n) is 22.8. The van der Waals surface area contributed by atoms with E-state index in [2.05, 4.69) is 54.0 Å². The molecule has 0 unspecified atom stereocenters. The lowest BCUT2D eigenvalue weighted by Gasteiger charge is -2.41. The van der Waals surface area contributed by atoms with Gasteiger partial charge in [0.2, 0.25) is 0 Å². The molecule has 0 atom stereocenters. The van der Waals surface area contributed by atoms with E-state index in [1.54, 1.807) is 12.0 Å². The number of hydrogen-bond acceptors (Lipinski definition) is 5. The Morgan fingerprint density at radius 2 is 1.97 bits per heavy atom. The van der Waals surface area contributed by atoms with Gasteiger partial charge < -0.3 is 24.0 Å². The normalized spacial score (nSPS) is 19.1. The van der Waals surface area contributed by atoms with E-state index >= 15 is 0 Å². The Labute approximate surface area is 230 Å². The summed E-state index contributed by atoms with van der Waals surface area (Å²) in [4.78, 5) is 18.0. The van der Waals surface area contributed by atoms with Gasteiger partial charge in [-0.25, -0.2) is 0 Å². The Kier molecular flexibility index (Phi) is 6.68. The number of rotatable bonds is 6. The summed E-state index contributed by atoms with van der Waals surface area (Å²) < 4.78 is 17.6. The summed E-state index contributed by atoms with van der Waals surface area (Å²) in [5.41, 5.74) is 9.85. The van der Waals surface area contributed by atoms with E-state index in [1.165, 1.54) is 0 Å². The van der Waals surface area contributed by atoms with E-state index in [-0.39, 0.29) is 17.9 Å². The highest BCUT2D eigenvalue weighted by Gasteiger charge is 2.38. The van der Waals surface area contributed by atoms with Crippen LogP contribution in [0.4, 0.5) is 0 Å². The third-order valence-corrected chi connectivity index (χ3v) is 7.76. The van der Waals surface area contributed by atoms with Gasteiger partial charge in [-0.2, -0.15) is 0 Å². The van der Waals surface area contributed by atoms with Crippen LogP contribution in [0.25, 0.3) is 16.8 Å². The maximum Gasteiger partial charge on any atom is 0.261 e. The summed E-state index contributed by atoms with van der Waals surface area (Å²) in [5, 5.41) is 0. The van der Waals surface area contributed by atoms with Crippen LogP contribution in [0.2, 0.25) is 0 Å². The number of fused-ring (bicyclic) bond motifs is 2. The summed E-state index contributed by atoms with van der Waals surface area (Å²) in [6.07, 6.45) is 10.6. The third kappa shape index (κ3) is 4.71. The van der Waals surface area contributed by atoms with Gasteiger partial charge in [-0.3, -0.25) is 4.79 Å². The molecule has 0 saturated carbocycles. The van der Waals surface area contributed by atoms with Crippen LogP contribution in [0.15, 0.2) is 89.3 Å². The average Bonchev–Trinajstić information content (AvgIpc) is 3.16. The number of nitrogens with zero attached hydrogens (tertiary/aromatic N) is 2. The molecular formula is C33H34N2O4. The monoisotopic (exact) mass is 522 g/mol. The van der Waals surface area contributed by atoms with Gasteiger partial charge in [-0.05, 0) is 36.6 Å². The molecule has 0 radical (unpaired) electrons. The van der Waals surface area contributed by atoms with E-state index in [9.17, 15) is 4.79 Å². The number of allylic oxidation sites excluding steroid dienone is 3. The molecule has 2 aromatic rings. The number of methoxy groups -OCH3 is 1. The summed E-state index contributed by atoms with van der Waals surface area (Å²) in [6, 6.07) is 14.3. The molecule has 1 saturated heterocycles. The van der Waals surface area contributed by atoms with Crippen molar-refractivity contribution < 1.29 is 19.0 Å². The first-order valence-corrected chi connectivity index (χ1v) is 13.5. The fourth-order valence-electron chi connectivity index (χ4n) is 5.78. The number of carbonyl (C=O) groups excluding carboxylic acids is 1. The highest BCUT2D eigenvalue weighted by Crippen LogP contribution is 2.46. The van der Waals surface area contributed by atoms with Crippen molar-refractivity contribution in [1.82, 2.24) is 9.80 Å². The maximum atomic E-state index is 13.9. The average molecular weight is 523 g/mol. The Morgan fingerprint density at radius 1 is 1.15 bits per heavy atom. The lowest BCUT2D eigenvalue weighted by molar-refractivity contribution is -0.138. The van der Waals surface area contributed by atoms with E-state index in [4.69, 9.17) is 14.2 Å². The molecule has 6 nitrogen and oxygen atoms in total. The molecule has 0 bridgehead atoms. The molecule has 3 aliphatic heterocycles. The second-order valence-corrected chi connectivity index (χ2v) is 10.9. The van der Waals surface area contributed by atoms with Gasteiger partial charge >= 0.3 is 0 Å². The molecule has 0 aromatic heterocycles. The largest absolute Gasteiger partial charge is 0.496 e. The van der Waals surface area contributed by atoms with Crippen molar-refractivity contribution in [3.63, 3.8) is 0 Å². The second-order valence-electron chi connectivity index (χ2n) is 10.9. The number of ether oxygens (including phenoxy) is 3. The number of benzene rings is 2. The zero-order valence-corrected chi connectivity index (χ0v) is 22.8. The minimum Gasteiger partial charge on any atom is -0.496 e. The van der Waals surface area contributed by atoms with Crippen molar-refractivity contribution in [2.75, 3.05) is 47.1 Å². The molecule has 6 rings (SSSR count). The molecule has 200 valence electrons. The fourth-order valence-corrected chi connectivity index (χ4v) is 5.78. The summed E-state index contributed by atoms with van der Waals surface area (Å²) in [7, 11) is 3.55. The fraction of sp³-hybridized carbons (Fsp3) is 0.333. The van der Waals surface area contributed by atoms with E-state index in [1.807, 2.05) is 37.4 Å². The number of carbonyl (C=O) groups is 1. The molecule has 3 heterocycles. The minimum absolute atomic E-state index is 0.0167. The van der Waals surface area contributed by atoms with Gasteiger partial charge in [0, 0.05) is 54.0 Å². The standard InChI is InChI=1S/C33H34N2O4/c1-33(21-38-22-33)20-34(2)32(36)25-15-10-16-35(24-13-8-5-9-14-24)31-27-17-26(23-11-6-4-7-12-23)29(37-3)18-30(27)39-19-28(25)31/h4,6-8,10-14,17-18H,5,9,16,19-22H2,1-3H3. The molecule has 4 aliphatic rings. The molecule has 1 amide bonds. The highest BCUT2D eigenvalue weighted by atomic mass is 16.5. The first-order chi connectivity index (χ1) is 19.0. The predicted octanol–water partition coefficient (Wildman–Crippen LogP) is 5.59. The summed E-state index contributed by atoms with van der Waals surface area (Å²) in [5.74, 6) is 1.45. The molecule has 2 aromatic carbocycles. The molecule has 0 spiro atoms. The van der Waals surface area contributed by atoms with Gasteiger partial charge in [-0.15, -0.1) is 5.73 Å². The van der Waals surface area contributed by atoms with Gasteiger partial charge in [0.15, 0.2) is 0 Å². The predicted molar refractivity (Wildman–Crippen MR) is 152 cm³/mol. The van der Waals surface area contributed by atoms with Crippen molar-refractivity contribution in [3.8, 4) is 22.6 Å². The van der Waals surface area contributed by atoms with Crippen LogP contribution in [0, 0.1) is 5.41 Å².